The fourth-order valence-electron chi connectivity index (χ4n) is 1.88. The SMILES string of the molecule is CC(C)c1nc2ccc(-c3cn[nH]c3N)cc2s1. The third-order valence-corrected chi connectivity index (χ3v) is 4.20. The number of nitrogens with zero attached hydrogens (tertiary/aromatic N) is 2. The fraction of sp³-hybridized carbons (Fsp3) is 0.231. The van der Waals surface area contributed by atoms with Crippen molar-refractivity contribution < 1.29 is 0 Å². The lowest BCUT2D eigenvalue weighted by atomic mass is 10.1. The van der Waals surface area contributed by atoms with Crippen molar-refractivity contribution in [3.63, 3.8) is 0 Å². The Morgan fingerprint density at radius 2 is 2.17 bits per heavy atom. The van der Waals surface area contributed by atoms with Gasteiger partial charge >= 0.3 is 0 Å². The van der Waals surface area contributed by atoms with Gasteiger partial charge in [-0.3, -0.25) is 5.10 Å². The molecule has 0 saturated heterocycles. The zero-order valence-electron chi connectivity index (χ0n) is 10.3. The van der Waals surface area contributed by atoms with Crippen LogP contribution in [-0.4, -0.2) is 15.2 Å². The number of H-pyrrole nitrogens is 1. The van der Waals surface area contributed by atoms with E-state index in [2.05, 4.69) is 35.1 Å². The third-order valence-electron chi connectivity index (χ3n) is 2.88. The second-order valence-electron chi connectivity index (χ2n) is 4.59. The Bertz CT molecular complexity index is 696. The van der Waals surface area contributed by atoms with E-state index in [0.717, 1.165) is 16.6 Å². The van der Waals surface area contributed by atoms with Gasteiger partial charge in [0, 0.05) is 11.5 Å². The predicted molar refractivity (Wildman–Crippen MR) is 75.7 cm³/mol. The molecule has 3 aromatic rings. The topological polar surface area (TPSA) is 67.6 Å². The van der Waals surface area contributed by atoms with E-state index in [1.165, 1.54) is 9.71 Å². The summed E-state index contributed by atoms with van der Waals surface area (Å²) in [6.07, 6.45) is 1.75. The average Bonchev–Trinajstić information content (AvgIpc) is 2.93. The molecule has 2 heterocycles. The molecule has 0 fully saturated rings. The molecule has 3 rings (SSSR count). The highest BCUT2D eigenvalue weighted by molar-refractivity contribution is 7.18. The molecule has 0 bridgehead atoms. The maximum absolute atomic E-state index is 5.84. The lowest BCUT2D eigenvalue weighted by Crippen LogP contribution is -1.87. The van der Waals surface area contributed by atoms with Crippen LogP contribution in [0.1, 0.15) is 24.8 Å². The van der Waals surface area contributed by atoms with Gasteiger partial charge < -0.3 is 5.73 Å². The number of rotatable bonds is 2. The van der Waals surface area contributed by atoms with Crippen molar-refractivity contribution in [2.45, 2.75) is 19.8 Å². The molecule has 0 saturated carbocycles. The Kier molecular flexibility index (Phi) is 2.56. The number of hydrogen-bond donors (Lipinski definition) is 2. The number of nitrogen functional groups attached to an aromatic ring is 1. The molecular formula is C13H14N4S. The number of hydrogen-bond acceptors (Lipinski definition) is 4. The molecule has 0 amide bonds. The van der Waals surface area contributed by atoms with Crippen molar-refractivity contribution in [1.82, 2.24) is 15.2 Å². The molecule has 92 valence electrons. The van der Waals surface area contributed by atoms with E-state index in [0.29, 0.717) is 11.7 Å². The third kappa shape index (κ3) is 1.76. The lowest BCUT2D eigenvalue weighted by Gasteiger charge is -1.98. The zero-order chi connectivity index (χ0) is 12.7. The maximum Gasteiger partial charge on any atom is 0.126 e. The number of nitrogens with one attached hydrogen (secondary N) is 1. The van der Waals surface area contributed by atoms with Crippen molar-refractivity contribution in [3.05, 3.63) is 29.4 Å². The van der Waals surface area contributed by atoms with E-state index in [1.807, 2.05) is 12.1 Å². The van der Waals surface area contributed by atoms with Crippen LogP contribution in [0.25, 0.3) is 21.3 Å². The molecule has 0 aliphatic carbocycles. The molecule has 3 N–H and O–H groups in total. The van der Waals surface area contributed by atoms with Gasteiger partial charge in [0.25, 0.3) is 0 Å². The number of aromatic amines is 1. The van der Waals surface area contributed by atoms with Crippen LogP contribution in [0.2, 0.25) is 0 Å². The molecule has 18 heavy (non-hydrogen) atoms. The minimum absolute atomic E-state index is 0.463. The predicted octanol–water partition coefficient (Wildman–Crippen LogP) is 3.39. The minimum Gasteiger partial charge on any atom is -0.384 e. The van der Waals surface area contributed by atoms with E-state index >= 15 is 0 Å². The quantitative estimate of drug-likeness (QED) is 0.740. The van der Waals surface area contributed by atoms with Gasteiger partial charge in [-0.05, 0) is 17.7 Å². The molecule has 0 radical (unpaired) electrons. The monoisotopic (exact) mass is 258 g/mol. The van der Waals surface area contributed by atoms with E-state index < -0.39 is 0 Å². The minimum atomic E-state index is 0.463. The smallest absolute Gasteiger partial charge is 0.126 e. The summed E-state index contributed by atoms with van der Waals surface area (Å²) in [5, 5.41) is 7.87. The number of benzene rings is 1. The van der Waals surface area contributed by atoms with Gasteiger partial charge in [0.15, 0.2) is 0 Å². The van der Waals surface area contributed by atoms with Gasteiger partial charge in [-0.25, -0.2) is 4.98 Å². The van der Waals surface area contributed by atoms with Crippen molar-refractivity contribution in [2.24, 2.45) is 0 Å². The first-order valence-electron chi connectivity index (χ1n) is 5.85. The van der Waals surface area contributed by atoms with Gasteiger partial charge in [0.05, 0.1) is 21.4 Å². The van der Waals surface area contributed by atoms with Crippen LogP contribution < -0.4 is 5.73 Å². The van der Waals surface area contributed by atoms with E-state index in [9.17, 15) is 0 Å². The number of nitrogens with two attached hydrogens (primary N) is 1. The van der Waals surface area contributed by atoms with E-state index in [1.54, 1.807) is 17.5 Å². The Balaban J connectivity index is 2.14. The van der Waals surface area contributed by atoms with Gasteiger partial charge in [-0.1, -0.05) is 19.9 Å². The highest BCUT2D eigenvalue weighted by Crippen LogP contribution is 2.32. The summed E-state index contributed by atoms with van der Waals surface area (Å²) >= 11 is 1.74. The van der Waals surface area contributed by atoms with Gasteiger partial charge in [0.1, 0.15) is 5.82 Å². The second-order valence-corrected chi connectivity index (χ2v) is 5.65. The summed E-state index contributed by atoms with van der Waals surface area (Å²) in [6, 6.07) is 6.20. The number of thiazole rings is 1. The highest BCUT2D eigenvalue weighted by Gasteiger charge is 2.10. The van der Waals surface area contributed by atoms with Gasteiger partial charge in [-0.15, -0.1) is 11.3 Å². The fourth-order valence-corrected chi connectivity index (χ4v) is 2.89. The summed E-state index contributed by atoms with van der Waals surface area (Å²) in [6.45, 7) is 4.32. The summed E-state index contributed by atoms with van der Waals surface area (Å²) in [5.74, 6) is 1.06. The van der Waals surface area contributed by atoms with Crippen molar-refractivity contribution >= 4 is 27.4 Å². The second kappa shape index (κ2) is 4.10. The molecule has 0 atom stereocenters. The van der Waals surface area contributed by atoms with Gasteiger partial charge in [-0.2, -0.15) is 5.10 Å². The highest BCUT2D eigenvalue weighted by atomic mass is 32.1. The molecule has 0 aliphatic heterocycles. The summed E-state index contributed by atoms with van der Waals surface area (Å²) in [7, 11) is 0. The first kappa shape index (κ1) is 11.2. The molecule has 4 nitrogen and oxygen atoms in total. The van der Waals surface area contributed by atoms with Crippen LogP contribution in [0.5, 0.6) is 0 Å². The average molecular weight is 258 g/mol. The summed E-state index contributed by atoms with van der Waals surface area (Å²) in [4.78, 5) is 4.62. The lowest BCUT2D eigenvalue weighted by molar-refractivity contribution is 0.857. The Hall–Kier alpha value is -1.88. The first-order valence-corrected chi connectivity index (χ1v) is 6.66. The summed E-state index contributed by atoms with van der Waals surface area (Å²) in [5.41, 5.74) is 8.91. The Labute approximate surface area is 109 Å². The van der Waals surface area contributed by atoms with Crippen LogP contribution in [-0.2, 0) is 0 Å². The van der Waals surface area contributed by atoms with Crippen LogP contribution >= 0.6 is 11.3 Å². The van der Waals surface area contributed by atoms with Crippen molar-refractivity contribution in [1.29, 1.82) is 0 Å². The molecule has 1 aromatic carbocycles. The largest absolute Gasteiger partial charge is 0.384 e. The molecule has 0 aliphatic rings. The zero-order valence-corrected chi connectivity index (χ0v) is 11.1. The van der Waals surface area contributed by atoms with Crippen molar-refractivity contribution in [2.75, 3.05) is 5.73 Å². The molecule has 0 spiro atoms. The van der Waals surface area contributed by atoms with Crippen LogP contribution in [0, 0.1) is 0 Å². The van der Waals surface area contributed by atoms with E-state index in [4.69, 9.17) is 5.73 Å². The van der Waals surface area contributed by atoms with Gasteiger partial charge in [0.2, 0.25) is 0 Å². The molecule has 2 aromatic heterocycles. The molecule has 0 unspecified atom stereocenters. The number of fused-ring (bicyclic) bond motifs is 1. The van der Waals surface area contributed by atoms with E-state index in [-0.39, 0.29) is 0 Å². The van der Waals surface area contributed by atoms with Crippen LogP contribution in [0.4, 0.5) is 5.82 Å². The Morgan fingerprint density at radius 3 is 2.83 bits per heavy atom. The summed E-state index contributed by atoms with van der Waals surface area (Å²) < 4.78 is 1.19. The number of aromatic nitrogens is 3. The molecule has 5 heteroatoms. The number of anilines is 1. The standard InChI is InChI=1S/C13H14N4S/c1-7(2)13-16-10-4-3-8(5-11(10)18-13)9-6-15-17-12(9)14/h3-7H,1-2H3,(H3,14,15,17). The first-order chi connectivity index (χ1) is 8.65. The maximum atomic E-state index is 5.84. The van der Waals surface area contributed by atoms with Crippen LogP contribution in [0.15, 0.2) is 24.4 Å². The van der Waals surface area contributed by atoms with Crippen LogP contribution in [0.3, 0.4) is 0 Å². The Morgan fingerprint density at radius 1 is 1.33 bits per heavy atom. The normalized spacial score (nSPS) is 11.5. The van der Waals surface area contributed by atoms with Crippen molar-refractivity contribution in [3.8, 4) is 11.1 Å². The molecular weight excluding hydrogens is 244 g/mol.